The second kappa shape index (κ2) is 8.73. The van der Waals surface area contributed by atoms with Crippen LogP contribution < -0.4 is 19.1 Å². The highest BCUT2D eigenvalue weighted by Crippen LogP contribution is 2.30. The normalized spacial score (nSPS) is 16.7. The summed E-state index contributed by atoms with van der Waals surface area (Å²) in [6.07, 6.45) is 1.09. The van der Waals surface area contributed by atoms with E-state index < -0.39 is 16.1 Å². The maximum absolute atomic E-state index is 12.9. The second-order valence-corrected chi connectivity index (χ2v) is 8.92. The van der Waals surface area contributed by atoms with Gasteiger partial charge in [-0.05, 0) is 37.6 Å². The van der Waals surface area contributed by atoms with Gasteiger partial charge in [-0.3, -0.25) is 9.10 Å². The molecule has 0 bridgehead atoms. The third kappa shape index (κ3) is 5.00. The topological polar surface area (TPSA) is 84.9 Å². The van der Waals surface area contributed by atoms with E-state index in [1.807, 2.05) is 37.3 Å². The molecule has 8 heteroatoms. The molecule has 3 rings (SSSR count). The van der Waals surface area contributed by atoms with E-state index in [-0.39, 0.29) is 18.6 Å². The number of fused-ring (bicyclic) bond motifs is 1. The van der Waals surface area contributed by atoms with E-state index in [2.05, 4.69) is 5.32 Å². The van der Waals surface area contributed by atoms with Crippen molar-refractivity contribution in [2.24, 2.45) is 0 Å². The van der Waals surface area contributed by atoms with Crippen LogP contribution in [0.1, 0.15) is 18.9 Å². The Morgan fingerprint density at radius 1 is 1.17 bits per heavy atom. The third-order valence-corrected chi connectivity index (χ3v) is 5.87. The summed E-state index contributed by atoms with van der Waals surface area (Å²) >= 11 is 0. The summed E-state index contributed by atoms with van der Waals surface area (Å²) in [5, 5.41) is 2.82. The lowest BCUT2D eigenvalue weighted by Gasteiger charge is -2.31. The fourth-order valence-corrected chi connectivity index (χ4v) is 4.46. The fourth-order valence-electron chi connectivity index (χ4n) is 3.25. The Morgan fingerprint density at radius 3 is 2.45 bits per heavy atom. The van der Waals surface area contributed by atoms with Crippen molar-refractivity contribution in [3.05, 3.63) is 54.1 Å². The molecule has 2 aromatic carbocycles. The minimum absolute atomic E-state index is 0.217. The fraction of sp³-hybridized carbons (Fsp3) is 0.381. The molecule has 0 saturated carbocycles. The van der Waals surface area contributed by atoms with Crippen LogP contribution in [-0.2, 0) is 14.8 Å². The summed E-state index contributed by atoms with van der Waals surface area (Å²) in [6.45, 7) is 4.23. The van der Waals surface area contributed by atoms with Crippen molar-refractivity contribution in [1.82, 2.24) is 5.32 Å². The molecule has 2 aromatic rings. The zero-order valence-electron chi connectivity index (χ0n) is 16.8. The number of ether oxygens (including phenoxy) is 2. The lowest BCUT2D eigenvalue weighted by Crippen LogP contribution is -2.51. The van der Waals surface area contributed by atoms with Gasteiger partial charge < -0.3 is 14.8 Å². The quantitative estimate of drug-likeness (QED) is 0.747. The largest absolute Gasteiger partial charge is 0.486 e. The van der Waals surface area contributed by atoms with Gasteiger partial charge in [-0.2, -0.15) is 0 Å². The Kier molecular flexibility index (Phi) is 6.32. The van der Waals surface area contributed by atoms with Crippen LogP contribution in [0.25, 0.3) is 0 Å². The van der Waals surface area contributed by atoms with Gasteiger partial charge in [0, 0.05) is 0 Å². The highest BCUT2D eigenvalue weighted by atomic mass is 32.2. The van der Waals surface area contributed by atoms with Crippen molar-refractivity contribution in [3.8, 4) is 11.5 Å². The number of sulfonamides is 1. The van der Waals surface area contributed by atoms with Gasteiger partial charge in [-0.1, -0.05) is 36.8 Å². The van der Waals surface area contributed by atoms with E-state index in [1.54, 1.807) is 25.1 Å². The molecule has 0 saturated heterocycles. The highest BCUT2D eigenvalue weighted by molar-refractivity contribution is 7.92. The number of carbonyl (C=O) groups excluding carboxylic acids is 1. The molecule has 1 N–H and O–H groups in total. The van der Waals surface area contributed by atoms with Crippen molar-refractivity contribution in [3.63, 3.8) is 0 Å². The number of nitrogens with zero attached hydrogens (tertiary/aromatic N) is 1. The van der Waals surface area contributed by atoms with Crippen LogP contribution in [0.15, 0.2) is 48.5 Å². The molecule has 0 radical (unpaired) electrons. The number of hydrogen-bond acceptors (Lipinski definition) is 5. The van der Waals surface area contributed by atoms with Crippen LogP contribution in [-0.4, -0.2) is 45.9 Å². The predicted molar refractivity (Wildman–Crippen MR) is 112 cm³/mol. The number of hydrogen-bond donors (Lipinski definition) is 1. The smallest absolute Gasteiger partial charge is 0.244 e. The second-order valence-electron chi connectivity index (χ2n) is 7.06. The van der Waals surface area contributed by atoms with Crippen LogP contribution in [0.5, 0.6) is 11.5 Å². The summed E-state index contributed by atoms with van der Waals surface area (Å²) in [6, 6.07) is 13.5. The average Bonchev–Trinajstić information content (AvgIpc) is 2.70. The summed E-state index contributed by atoms with van der Waals surface area (Å²) < 4.78 is 37.6. The molecule has 0 aliphatic carbocycles. The summed E-state index contributed by atoms with van der Waals surface area (Å²) in [4.78, 5) is 12.9. The summed E-state index contributed by atoms with van der Waals surface area (Å²) in [5.74, 6) is 0.924. The van der Waals surface area contributed by atoms with Crippen molar-refractivity contribution >= 4 is 21.6 Å². The van der Waals surface area contributed by atoms with E-state index in [4.69, 9.17) is 9.47 Å². The van der Waals surface area contributed by atoms with Gasteiger partial charge in [0.15, 0.2) is 11.5 Å². The molecule has 1 heterocycles. The number of benzene rings is 2. The summed E-state index contributed by atoms with van der Waals surface area (Å²) in [5.41, 5.74) is 1.47. The van der Waals surface area contributed by atoms with Gasteiger partial charge in [-0.25, -0.2) is 8.42 Å². The highest BCUT2D eigenvalue weighted by Gasteiger charge is 2.32. The third-order valence-electron chi connectivity index (χ3n) is 4.69. The van der Waals surface area contributed by atoms with Crippen molar-refractivity contribution in [1.29, 1.82) is 0 Å². The number of anilines is 1. The van der Waals surface area contributed by atoms with Gasteiger partial charge >= 0.3 is 0 Å². The first-order valence-electron chi connectivity index (χ1n) is 9.52. The Bertz CT molecular complexity index is 959. The van der Waals surface area contributed by atoms with Crippen LogP contribution in [0.4, 0.5) is 5.69 Å². The average molecular weight is 419 g/mol. The molecule has 1 aliphatic heterocycles. The van der Waals surface area contributed by atoms with E-state index in [1.165, 1.54) is 4.31 Å². The molecule has 7 nitrogen and oxygen atoms in total. The van der Waals surface area contributed by atoms with Gasteiger partial charge in [-0.15, -0.1) is 0 Å². The molecule has 0 aromatic heterocycles. The van der Waals surface area contributed by atoms with Crippen LogP contribution >= 0.6 is 0 Å². The maximum atomic E-state index is 12.9. The number of carbonyl (C=O) groups is 1. The van der Waals surface area contributed by atoms with E-state index >= 15 is 0 Å². The Morgan fingerprint density at radius 2 is 1.83 bits per heavy atom. The van der Waals surface area contributed by atoms with Crippen molar-refractivity contribution in [2.75, 3.05) is 23.7 Å². The van der Waals surface area contributed by atoms with Gasteiger partial charge in [0.25, 0.3) is 0 Å². The predicted octanol–water partition coefficient (Wildman–Crippen LogP) is 2.50. The first kappa shape index (κ1) is 21.0. The zero-order chi connectivity index (χ0) is 21.0. The molecule has 2 atom stereocenters. The molecular formula is C21H26N2O5S. The lowest BCUT2D eigenvalue weighted by molar-refractivity contribution is -0.122. The standard InChI is InChI=1S/C21H26N2O5S/c1-4-18(23(29(3,25)26)16-11-9-15(2)10-12-16)21(24)22-13-17-14-27-19-7-5-6-8-20(19)28-17/h5-12,17-18H,4,13-14H2,1-3H3,(H,22,24)/t17-,18+/m1/s1. The monoisotopic (exact) mass is 418 g/mol. The Labute approximate surface area is 171 Å². The number of nitrogens with one attached hydrogen (secondary N) is 1. The molecule has 1 amide bonds. The maximum Gasteiger partial charge on any atom is 0.244 e. The minimum atomic E-state index is -3.65. The Balaban J connectivity index is 1.71. The van der Waals surface area contributed by atoms with Crippen molar-refractivity contribution in [2.45, 2.75) is 32.4 Å². The van der Waals surface area contributed by atoms with Crippen LogP contribution in [0, 0.1) is 6.92 Å². The first-order chi connectivity index (χ1) is 13.8. The van der Waals surface area contributed by atoms with Gasteiger partial charge in [0.2, 0.25) is 15.9 Å². The van der Waals surface area contributed by atoms with Crippen LogP contribution in [0.3, 0.4) is 0 Å². The molecule has 156 valence electrons. The number of rotatable bonds is 7. The molecule has 0 spiro atoms. The van der Waals surface area contributed by atoms with E-state index in [9.17, 15) is 13.2 Å². The van der Waals surface area contributed by atoms with Crippen LogP contribution in [0.2, 0.25) is 0 Å². The SMILES string of the molecule is CC[C@@H](C(=O)NC[C@@H]1COc2ccccc2O1)N(c1ccc(C)cc1)S(C)(=O)=O. The molecule has 1 aliphatic rings. The van der Waals surface area contributed by atoms with Crippen molar-refractivity contribution < 1.29 is 22.7 Å². The number of amides is 1. The first-order valence-corrected chi connectivity index (χ1v) is 11.4. The molecule has 29 heavy (non-hydrogen) atoms. The van der Waals surface area contributed by atoms with E-state index in [0.29, 0.717) is 30.2 Å². The molecule has 0 unspecified atom stereocenters. The zero-order valence-corrected chi connectivity index (χ0v) is 17.6. The van der Waals surface area contributed by atoms with Gasteiger partial charge in [0.1, 0.15) is 18.8 Å². The van der Waals surface area contributed by atoms with E-state index in [0.717, 1.165) is 11.8 Å². The number of aryl methyl sites for hydroxylation is 1. The molecular weight excluding hydrogens is 392 g/mol. The van der Waals surface area contributed by atoms with Gasteiger partial charge in [0.05, 0.1) is 18.5 Å². The molecule has 0 fully saturated rings. The summed E-state index contributed by atoms with van der Waals surface area (Å²) in [7, 11) is -3.65. The minimum Gasteiger partial charge on any atom is -0.486 e. The lowest BCUT2D eigenvalue weighted by atomic mass is 10.1. The Hall–Kier alpha value is -2.74. The number of para-hydroxylation sites is 2.